The number of aryl methyl sites for hydroxylation is 1. The van der Waals surface area contributed by atoms with E-state index < -0.39 is 10.9 Å². The minimum atomic E-state index is -1.11. The van der Waals surface area contributed by atoms with Crippen LogP contribution < -0.4 is 4.74 Å². The van der Waals surface area contributed by atoms with Gasteiger partial charge in [-0.3, -0.25) is 10.1 Å². The van der Waals surface area contributed by atoms with Crippen LogP contribution in [0.15, 0.2) is 36.5 Å². The summed E-state index contributed by atoms with van der Waals surface area (Å²) in [5, 5.41) is 19.8. The molecule has 2 rings (SSSR count). The number of rotatable bonds is 4. The number of nitrogens with zero attached hydrogens (tertiary/aromatic N) is 2. The Morgan fingerprint density at radius 1 is 1.40 bits per heavy atom. The van der Waals surface area contributed by atoms with Crippen LogP contribution >= 0.6 is 0 Å². The zero-order valence-electron chi connectivity index (χ0n) is 10.4. The largest absolute Gasteiger partial charge is 0.478 e. The molecule has 0 spiro atoms. The van der Waals surface area contributed by atoms with E-state index in [4.69, 9.17) is 9.84 Å². The summed E-state index contributed by atoms with van der Waals surface area (Å²) in [6.07, 6.45) is 1.36. The Labute approximate surface area is 113 Å². The molecular formula is C13H10N2O5. The normalized spacial score (nSPS) is 10.1. The number of carbonyl (C=O) groups is 1. The van der Waals surface area contributed by atoms with Crippen LogP contribution in [0.3, 0.4) is 0 Å². The van der Waals surface area contributed by atoms with Crippen LogP contribution in [0.25, 0.3) is 0 Å². The summed E-state index contributed by atoms with van der Waals surface area (Å²) in [5.74, 6) is -1.07. The Kier molecular flexibility index (Phi) is 3.60. The first-order chi connectivity index (χ1) is 9.49. The molecule has 0 fully saturated rings. The zero-order chi connectivity index (χ0) is 14.7. The lowest BCUT2D eigenvalue weighted by molar-refractivity contribution is -0.386. The number of aromatic carboxylic acids is 1. The molecule has 0 radical (unpaired) electrons. The number of hydrogen-bond acceptors (Lipinski definition) is 5. The van der Waals surface area contributed by atoms with Gasteiger partial charge in [-0.2, -0.15) is 0 Å². The number of pyridine rings is 1. The van der Waals surface area contributed by atoms with E-state index in [1.807, 2.05) is 0 Å². The monoisotopic (exact) mass is 274 g/mol. The molecule has 0 aliphatic rings. The van der Waals surface area contributed by atoms with Crippen molar-refractivity contribution in [2.45, 2.75) is 6.92 Å². The lowest BCUT2D eigenvalue weighted by atomic mass is 10.1. The molecule has 1 N–H and O–H groups in total. The molecule has 0 unspecified atom stereocenters. The minimum absolute atomic E-state index is 0.0317. The summed E-state index contributed by atoms with van der Waals surface area (Å²) < 4.78 is 5.38. The highest BCUT2D eigenvalue weighted by Crippen LogP contribution is 2.30. The maximum Gasteiger partial charge on any atom is 0.335 e. The van der Waals surface area contributed by atoms with Crippen molar-refractivity contribution in [3.63, 3.8) is 0 Å². The first-order valence-corrected chi connectivity index (χ1v) is 5.60. The van der Waals surface area contributed by atoms with Gasteiger partial charge in [-0.15, -0.1) is 0 Å². The molecule has 1 aromatic heterocycles. The number of ether oxygens (including phenoxy) is 1. The molecule has 0 amide bonds. The number of hydrogen-bond donors (Lipinski definition) is 1. The summed E-state index contributed by atoms with van der Waals surface area (Å²) in [6.45, 7) is 1.70. The second-order valence-electron chi connectivity index (χ2n) is 3.97. The van der Waals surface area contributed by atoms with E-state index in [2.05, 4.69) is 4.98 Å². The second-order valence-corrected chi connectivity index (χ2v) is 3.97. The van der Waals surface area contributed by atoms with Crippen LogP contribution in [0.1, 0.15) is 15.9 Å². The molecule has 1 heterocycles. The van der Waals surface area contributed by atoms with Gasteiger partial charge in [0.05, 0.1) is 10.5 Å². The standard InChI is InChI=1S/C13H10N2O5/c1-8-4-5-9(13(16)17)7-11(8)20-12-10(15(18)19)3-2-6-14-12/h2-7H,1H3,(H,16,17). The van der Waals surface area contributed by atoms with Crippen LogP contribution in [0.5, 0.6) is 11.6 Å². The maximum absolute atomic E-state index is 10.9. The molecule has 20 heavy (non-hydrogen) atoms. The summed E-state index contributed by atoms with van der Waals surface area (Å²) >= 11 is 0. The topological polar surface area (TPSA) is 103 Å². The molecule has 0 bridgehead atoms. The van der Waals surface area contributed by atoms with Crippen LogP contribution in [-0.4, -0.2) is 21.0 Å². The fourth-order valence-electron chi connectivity index (χ4n) is 1.55. The highest BCUT2D eigenvalue weighted by molar-refractivity contribution is 5.88. The van der Waals surface area contributed by atoms with Crippen molar-refractivity contribution in [1.82, 2.24) is 4.98 Å². The lowest BCUT2D eigenvalue weighted by Gasteiger charge is -2.08. The van der Waals surface area contributed by atoms with E-state index in [1.165, 1.54) is 30.5 Å². The van der Waals surface area contributed by atoms with Gasteiger partial charge in [-0.05, 0) is 30.7 Å². The summed E-state index contributed by atoms with van der Waals surface area (Å²) in [5.41, 5.74) is 0.395. The molecular weight excluding hydrogens is 264 g/mol. The van der Waals surface area contributed by atoms with Crippen molar-refractivity contribution in [2.24, 2.45) is 0 Å². The summed E-state index contributed by atoms with van der Waals surface area (Å²) in [6, 6.07) is 6.98. The maximum atomic E-state index is 10.9. The molecule has 0 atom stereocenters. The van der Waals surface area contributed by atoms with E-state index in [1.54, 1.807) is 13.0 Å². The van der Waals surface area contributed by atoms with E-state index in [0.717, 1.165) is 0 Å². The Balaban J connectivity index is 2.42. The highest BCUT2D eigenvalue weighted by Gasteiger charge is 2.18. The van der Waals surface area contributed by atoms with Crippen molar-refractivity contribution in [3.8, 4) is 11.6 Å². The molecule has 2 aromatic rings. The molecule has 7 heteroatoms. The van der Waals surface area contributed by atoms with E-state index in [0.29, 0.717) is 5.56 Å². The van der Waals surface area contributed by atoms with Crippen molar-refractivity contribution in [2.75, 3.05) is 0 Å². The Bertz CT molecular complexity index is 684. The fourth-order valence-corrected chi connectivity index (χ4v) is 1.55. The number of aromatic nitrogens is 1. The van der Waals surface area contributed by atoms with Gasteiger partial charge in [0.25, 0.3) is 5.88 Å². The van der Waals surface area contributed by atoms with Gasteiger partial charge in [0, 0.05) is 12.3 Å². The fraction of sp³-hybridized carbons (Fsp3) is 0.0769. The van der Waals surface area contributed by atoms with E-state index >= 15 is 0 Å². The average molecular weight is 274 g/mol. The van der Waals surface area contributed by atoms with Gasteiger partial charge in [-0.25, -0.2) is 9.78 Å². The summed E-state index contributed by atoms with van der Waals surface area (Å²) in [4.78, 5) is 25.0. The van der Waals surface area contributed by atoms with Gasteiger partial charge >= 0.3 is 11.7 Å². The van der Waals surface area contributed by atoms with Gasteiger partial charge in [0.15, 0.2) is 0 Å². The molecule has 0 aliphatic carbocycles. The second kappa shape index (κ2) is 5.35. The first kappa shape index (κ1) is 13.5. The molecule has 0 saturated carbocycles. The smallest absolute Gasteiger partial charge is 0.335 e. The predicted molar refractivity (Wildman–Crippen MR) is 69.1 cm³/mol. The van der Waals surface area contributed by atoms with Gasteiger partial charge in [0.2, 0.25) is 0 Å². The van der Waals surface area contributed by atoms with Crippen LogP contribution in [-0.2, 0) is 0 Å². The number of carboxylic acid groups (broad SMARTS) is 1. The first-order valence-electron chi connectivity index (χ1n) is 5.60. The molecule has 1 aromatic carbocycles. The third-order valence-corrected chi connectivity index (χ3v) is 2.59. The number of benzene rings is 1. The Hall–Kier alpha value is -2.96. The minimum Gasteiger partial charge on any atom is -0.478 e. The van der Waals surface area contributed by atoms with Crippen LogP contribution in [0.4, 0.5) is 5.69 Å². The van der Waals surface area contributed by atoms with Crippen LogP contribution in [0.2, 0.25) is 0 Å². The Morgan fingerprint density at radius 3 is 2.80 bits per heavy atom. The van der Waals surface area contributed by atoms with Crippen LogP contribution in [0, 0.1) is 17.0 Å². The summed E-state index contributed by atoms with van der Waals surface area (Å²) in [7, 11) is 0. The highest BCUT2D eigenvalue weighted by atomic mass is 16.6. The third-order valence-electron chi connectivity index (χ3n) is 2.59. The SMILES string of the molecule is Cc1ccc(C(=O)O)cc1Oc1ncccc1[N+](=O)[O-]. The van der Waals surface area contributed by atoms with E-state index in [9.17, 15) is 14.9 Å². The van der Waals surface area contributed by atoms with Gasteiger partial charge in [-0.1, -0.05) is 6.07 Å². The third kappa shape index (κ3) is 2.72. The molecule has 7 nitrogen and oxygen atoms in total. The van der Waals surface area contributed by atoms with Gasteiger partial charge in [0.1, 0.15) is 5.75 Å². The molecule has 0 aliphatic heterocycles. The number of carboxylic acids is 1. The predicted octanol–water partition coefficient (Wildman–Crippen LogP) is 2.79. The Morgan fingerprint density at radius 2 is 2.15 bits per heavy atom. The average Bonchev–Trinajstić information content (AvgIpc) is 2.41. The van der Waals surface area contributed by atoms with Crippen molar-refractivity contribution in [1.29, 1.82) is 0 Å². The number of nitro groups is 1. The van der Waals surface area contributed by atoms with E-state index in [-0.39, 0.29) is 22.9 Å². The van der Waals surface area contributed by atoms with Crippen molar-refractivity contribution in [3.05, 3.63) is 57.8 Å². The lowest BCUT2D eigenvalue weighted by Crippen LogP contribution is -2.00. The zero-order valence-corrected chi connectivity index (χ0v) is 10.4. The quantitative estimate of drug-likeness (QED) is 0.679. The molecule has 0 saturated heterocycles. The van der Waals surface area contributed by atoms with Crippen molar-refractivity contribution >= 4 is 11.7 Å². The molecule has 102 valence electrons. The van der Waals surface area contributed by atoms with Crippen molar-refractivity contribution < 1.29 is 19.6 Å². The van der Waals surface area contributed by atoms with Gasteiger partial charge < -0.3 is 9.84 Å².